The summed E-state index contributed by atoms with van der Waals surface area (Å²) in [6.45, 7) is 1.84. The van der Waals surface area contributed by atoms with Crippen molar-refractivity contribution in [2.75, 3.05) is 0 Å². The molecule has 0 radical (unpaired) electrons. The number of hydrogen-bond acceptors (Lipinski definition) is 10. The van der Waals surface area contributed by atoms with E-state index in [1.807, 2.05) is 13.0 Å². The normalized spacial score (nSPS) is 28.5. The summed E-state index contributed by atoms with van der Waals surface area (Å²) in [6, 6.07) is 3.49. The van der Waals surface area contributed by atoms with Crippen LogP contribution in [-0.4, -0.2) is 53.9 Å². The Morgan fingerprint density at radius 3 is 2.56 bits per heavy atom. The lowest BCUT2D eigenvalue weighted by atomic mass is 9.57. The van der Waals surface area contributed by atoms with E-state index in [9.17, 15) is 34.8 Å². The van der Waals surface area contributed by atoms with Gasteiger partial charge in [-0.25, -0.2) is 0 Å². The predicted molar refractivity (Wildman–Crippen MR) is 121 cm³/mol. The largest absolute Gasteiger partial charge is 0.508 e. The van der Waals surface area contributed by atoms with E-state index in [1.165, 1.54) is 17.6 Å². The Labute approximate surface area is 197 Å². The number of phenolic OH excluding ortho intramolecular Hbond substituents is 1. The van der Waals surface area contributed by atoms with E-state index < -0.39 is 58.0 Å². The van der Waals surface area contributed by atoms with E-state index in [0.29, 0.717) is 5.56 Å². The zero-order valence-corrected chi connectivity index (χ0v) is 18.7. The number of nitrogens with two attached hydrogens (primary N) is 2. The van der Waals surface area contributed by atoms with Crippen molar-refractivity contribution in [1.82, 2.24) is 4.37 Å². The molecule has 1 aromatic carbocycles. The van der Waals surface area contributed by atoms with Crippen LogP contribution in [0.4, 0.5) is 0 Å². The number of primary amides is 1. The van der Waals surface area contributed by atoms with Crippen LogP contribution >= 0.6 is 11.5 Å². The molecule has 3 aliphatic carbocycles. The molecule has 5 rings (SSSR count). The Bertz CT molecular complexity index is 1370. The highest BCUT2D eigenvalue weighted by Gasteiger charge is 2.63. The van der Waals surface area contributed by atoms with Crippen molar-refractivity contribution >= 4 is 34.8 Å². The molecule has 34 heavy (non-hydrogen) atoms. The zero-order chi connectivity index (χ0) is 24.7. The molecule has 0 spiro atoms. The molecule has 8 N–H and O–H groups in total. The summed E-state index contributed by atoms with van der Waals surface area (Å²) in [5.74, 6) is -7.25. The minimum Gasteiger partial charge on any atom is -0.508 e. The number of rotatable bonds is 2. The third-order valence-electron chi connectivity index (χ3n) is 7.03. The van der Waals surface area contributed by atoms with E-state index >= 15 is 0 Å². The minimum atomic E-state index is -2.71. The van der Waals surface area contributed by atoms with Gasteiger partial charge >= 0.3 is 0 Å². The number of amides is 1. The zero-order valence-electron chi connectivity index (χ0n) is 17.9. The Morgan fingerprint density at radius 2 is 1.94 bits per heavy atom. The fourth-order valence-electron chi connectivity index (χ4n) is 5.44. The monoisotopic (exact) mass is 483 g/mol. The van der Waals surface area contributed by atoms with Gasteiger partial charge in [-0.1, -0.05) is 0 Å². The molecule has 1 saturated carbocycles. The molecule has 1 aromatic heterocycles. The van der Waals surface area contributed by atoms with Crippen LogP contribution in [0, 0.1) is 18.8 Å². The lowest BCUT2D eigenvalue weighted by molar-refractivity contribution is -0.149. The Morgan fingerprint density at radius 1 is 1.24 bits per heavy atom. The predicted octanol–water partition coefficient (Wildman–Crippen LogP) is 0.793. The van der Waals surface area contributed by atoms with Crippen LogP contribution in [0.15, 0.2) is 35.1 Å². The van der Waals surface area contributed by atoms with Crippen LogP contribution < -0.4 is 11.5 Å². The average Bonchev–Trinajstić information content (AvgIpc) is 3.20. The van der Waals surface area contributed by atoms with Crippen LogP contribution in [0.3, 0.4) is 0 Å². The van der Waals surface area contributed by atoms with Crippen LogP contribution in [-0.2, 0) is 20.8 Å². The fraction of sp³-hybridized carbons (Fsp3) is 0.304. The number of aliphatic hydroxyl groups is 3. The molecule has 1 amide bonds. The third-order valence-corrected chi connectivity index (χ3v) is 7.94. The standard InChI is InChI=1S/C23H21N3O7S/c1-7-4-13(34-26-7)9-2-3-12(27)15-10(9)5-8-6-11-17(24)19(29)16(22(25)32)21(31)23(11,33)20(30)14(8)18(15)28/h2-4,8,11,17,27-28,31,33H,5-6,24H2,1H3,(H2,25,32)/t8-,11-,17+,23-/m0/s1. The number of aromatic hydroxyl groups is 1. The number of carbonyl (C=O) groups excluding carboxylic acids is 3. The average molecular weight is 484 g/mol. The van der Waals surface area contributed by atoms with Crippen molar-refractivity contribution in [3.8, 4) is 16.2 Å². The Balaban J connectivity index is 1.73. The van der Waals surface area contributed by atoms with Gasteiger partial charge in [0.25, 0.3) is 5.91 Å². The van der Waals surface area contributed by atoms with Gasteiger partial charge in [0, 0.05) is 11.5 Å². The maximum Gasteiger partial charge on any atom is 0.255 e. The van der Waals surface area contributed by atoms with Gasteiger partial charge in [-0.05, 0) is 66.5 Å². The molecule has 0 saturated heterocycles. The van der Waals surface area contributed by atoms with Crippen LogP contribution in [0.5, 0.6) is 5.75 Å². The molecule has 11 heteroatoms. The summed E-state index contributed by atoms with van der Waals surface area (Å²) < 4.78 is 4.28. The fourth-order valence-corrected chi connectivity index (χ4v) is 6.25. The lowest BCUT2D eigenvalue weighted by Gasteiger charge is -2.48. The maximum absolute atomic E-state index is 13.6. The van der Waals surface area contributed by atoms with Crippen molar-refractivity contribution in [1.29, 1.82) is 0 Å². The number of carbonyl (C=O) groups is 3. The first-order valence-electron chi connectivity index (χ1n) is 10.5. The Kier molecular flexibility index (Phi) is 4.73. The number of nitrogens with zero attached hydrogens (tertiary/aromatic N) is 1. The first-order valence-corrected chi connectivity index (χ1v) is 11.3. The molecule has 4 atom stereocenters. The number of fused-ring (bicyclic) bond motifs is 3. The lowest BCUT2D eigenvalue weighted by Crippen LogP contribution is -2.65. The van der Waals surface area contributed by atoms with Gasteiger partial charge in [0.2, 0.25) is 5.78 Å². The molecule has 1 heterocycles. The van der Waals surface area contributed by atoms with E-state index in [-0.39, 0.29) is 29.7 Å². The molecule has 176 valence electrons. The van der Waals surface area contributed by atoms with Gasteiger partial charge in [0.1, 0.15) is 22.8 Å². The quantitative estimate of drug-likeness (QED) is 0.334. The van der Waals surface area contributed by atoms with Crippen LogP contribution in [0.25, 0.3) is 16.2 Å². The maximum atomic E-state index is 13.6. The summed E-state index contributed by atoms with van der Waals surface area (Å²) >= 11 is 1.25. The number of aliphatic hydroxyl groups excluding tert-OH is 2. The van der Waals surface area contributed by atoms with E-state index in [0.717, 1.165) is 16.1 Å². The third kappa shape index (κ3) is 2.74. The second-order valence-corrected chi connectivity index (χ2v) is 9.70. The Hall–Kier alpha value is -3.54. The smallest absolute Gasteiger partial charge is 0.255 e. The van der Waals surface area contributed by atoms with Crippen molar-refractivity contribution in [3.05, 3.63) is 51.9 Å². The molecule has 2 aromatic rings. The number of aryl methyl sites for hydroxylation is 1. The second kappa shape index (κ2) is 7.23. The molecule has 1 fully saturated rings. The van der Waals surface area contributed by atoms with Crippen LogP contribution in [0.2, 0.25) is 0 Å². The van der Waals surface area contributed by atoms with Crippen molar-refractivity contribution < 1.29 is 34.8 Å². The molecule has 0 unspecified atom stereocenters. The van der Waals surface area contributed by atoms with Gasteiger partial charge in [-0.3, -0.25) is 14.4 Å². The highest BCUT2D eigenvalue weighted by Crippen LogP contribution is 2.53. The SMILES string of the molecule is Cc1cc(-c2ccc(O)c3c2C[C@H]2C[C@H]4[C@@H](N)C(=O)C(C(N)=O)=C(O)[C@@]4(O)C(=O)C2=C3O)sn1. The topological polar surface area (TPSA) is 197 Å². The summed E-state index contributed by atoms with van der Waals surface area (Å²) in [5, 5.41) is 43.7. The first-order chi connectivity index (χ1) is 16.0. The van der Waals surface area contributed by atoms with Crippen molar-refractivity contribution in [2.24, 2.45) is 23.3 Å². The van der Waals surface area contributed by atoms with Crippen molar-refractivity contribution in [3.63, 3.8) is 0 Å². The number of aromatic nitrogens is 1. The molecule has 0 aliphatic heterocycles. The van der Waals surface area contributed by atoms with E-state index in [2.05, 4.69) is 4.37 Å². The van der Waals surface area contributed by atoms with E-state index in [4.69, 9.17) is 11.5 Å². The number of hydrogen-bond donors (Lipinski definition) is 6. The highest BCUT2D eigenvalue weighted by atomic mass is 32.1. The molecule has 10 nitrogen and oxygen atoms in total. The van der Waals surface area contributed by atoms with Gasteiger partial charge in [0.15, 0.2) is 11.4 Å². The number of benzene rings is 1. The minimum absolute atomic E-state index is 0.0408. The van der Waals surface area contributed by atoms with Gasteiger partial charge in [-0.2, -0.15) is 4.37 Å². The summed E-state index contributed by atoms with van der Waals surface area (Å²) in [7, 11) is 0. The van der Waals surface area contributed by atoms with Gasteiger partial charge < -0.3 is 31.9 Å². The summed E-state index contributed by atoms with van der Waals surface area (Å²) in [4.78, 5) is 38.8. The number of Topliss-reactive ketones (excluding diaryl/α,β-unsaturated/α-hetero) is 2. The van der Waals surface area contributed by atoms with Gasteiger partial charge in [0.05, 0.1) is 22.2 Å². The molecular formula is C23H21N3O7S. The first kappa shape index (κ1) is 22.3. The molecular weight excluding hydrogens is 462 g/mol. The number of phenols is 1. The molecule has 0 bridgehead atoms. The second-order valence-electron chi connectivity index (χ2n) is 8.90. The molecule has 3 aliphatic rings. The highest BCUT2D eigenvalue weighted by molar-refractivity contribution is 7.09. The number of ketones is 2. The summed E-state index contributed by atoms with van der Waals surface area (Å²) in [5.41, 5.74) is 9.52. The van der Waals surface area contributed by atoms with Crippen molar-refractivity contribution in [2.45, 2.75) is 31.4 Å². The van der Waals surface area contributed by atoms with Crippen LogP contribution in [0.1, 0.15) is 23.2 Å². The van der Waals surface area contributed by atoms with Gasteiger partial charge in [-0.15, -0.1) is 0 Å². The summed E-state index contributed by atoms with van der Waals surface area (Å²) in [6.07, 6.45) is 0.155. The van der Waals surface area contributed by atoms with E-state index in [1.54, 1.807) is 6.07 Å².